The fourth-order valence-corrected chi connectivity index (χ4v) is 2.84. The van der Waals surface area contributed by atoms with Crippen LogP contribution in [-0.2, 0) is 4.79 Å². The van der Waals surface area contributed by atoms with Crippen molar-refractivity contribution in [2.75, 3.05) is 11.9 Å². The van der Waals surface area contributed by atoms with Crippen LogP contribution in [0.2, 0.25) is 10.0 Å². The van der Waals surface area contributed by atoms with Crippen molar-refractivity contribution in [1.29, 1.82) is 5.26 Å². The molecule has 0 spiro atoms. The number of amides is 1. The quantitative estimate of drug-likeness (QED) is 0.386. The lowest BCUT2D eigenvalue weighted by Crippen LogP contribution is -2.20. The number of allylic oxidation sites excluding steroid dienone is 1. The number of ether oxygens (including phenoxy) is 1. The third-order valence-corrected chi connectivity index (χ3v) is 4.71. The van der Waals surface area contributed by atoms with Crippen molar-refractivity contribution in [2.24, 2.45) is 0 Å². The van der Waals surface area contributed by atoms with Crippen LogP contribution in [0, 0.1) is 11.3 Å². The fraction of sp³-hybridized carbons (Fsp3) is 0.0435. The molecule has 0 fully saturated rings. The molecule has 0 atom stereocenters. The monoisotopic (exact) mass is 422 g/mol. The molecule has 144 valence electrons. The molecule has 0 unspecified atom stereocenters. The fourth-order valence-electron chi connectivity index (χ4n) is 2.54. The second-order valence-electron chi connectivity index (χ2n) is 6.07. The number of nitrogens with one attached hydrogen (secondary N) is 1. The molecule has 0 saturated heterocycles. The normalized spacial score (nSPS) is 10.9. The Morgan fingerprint density at radius 3 is 2.38 bits per heavy atom. The van der Waals surface area contributed by atoms with Crippen LogP contribution in [0.25, 0.3) is 11.6 Å². The number of nitrogens with zero attached hydrogens (tertiary/aromatic N) is 1. The van der Waals surface area contributed by atoms with E-state index in [4.69, 9.17) is 27.9 Å². The van der Waals surface area contributed by atoms with Gasteiger partial charge in [-0.1, -0.05) is 65.7 Å². The van der Waals surface area contributed by atoms with Crippen LogP contribution < -0.4 is 10.1 Å². The summed E-state index contributed by atoms with van der Waals surface area (Å²) in [7, 11) is 0. The van der Waals surface area contributed by atoms with Gasteiger partial charge < -0.3 is 10.1 Å². The van der Waals surface area contributed by atoms with Gasteiger partial charge in [0.25, 0.3) is 5.91 Å². The number of carbonyl (C=O) groups is 1. The Hall–Kier alpha value is -3.26. The van der Waals surface area contributed by atoms with E-state index in [1.807, 2.05) is 42.5 Å². The second kappa shape index (κ2) is 9.79. The molecule has 29 heavy (non-hydrogen) atoms. The van der Waals surface area contributed by atoms with Gasteiger partial charge >= 0.3 is 0 Å². The average molecular weight is 423 g/mol. The number of anilines is 1. The predicted molar refractivity (Wildman–Crippen MR) is 117 cm³/mol. The van der Waals surface area contributed by atoms with Crippen LogP contribution >= 0.6 is 23.2 Å². The van der Waals surface area contributed by atoms with E-state index >= 15 is 0 Å². The van der Waals surface area contributed by atoms with Gasteiger partial charge in [0.05, 0.1) is 21.7 Å². The maximum Gasteiger partial charge on any atom is 0.262 e. The molecule has 0 heterocycles. The Balaban J connectivity index is 1.59. The zero-order valence-corrected chi connectivity index (χ0v) is 16.7. The van der Waals surface area contributed by atoms with Crippen LogP contribution in [0.4, 0.5) is 5.69 Å². The highest BCUT2D eigenvalue weighted by molar-refractivity contribution is 6.42. The molecule has 6 heteroatoms. The Morgan fingerprint density at radius 2 is 1.72 bits per heavy atom. The molecular weight excluding hydrogens is 407 g/mol. The van der Waals surface area contributed by atoms with E-state index < -0.39 is 0 Å². The van der Waals surface area contributed by atoms with Gasteiger partial charge in [-0.15, -0.1) is 0 Å². The molecule has 1 N–H and O–H groups in total. The third kappa shape index (κ3) is 5.86. The van der Waals surface area contributed by atoms with Crippen molar-refractivity contribution in [1.82, 2.24) is 0 Å². The summed E-state index contributed by atoms with van der Waals surface area (Å²) in [6.45, 7) is -0.150. The first-order valence-corrected chi connectivity index (χ1v) is 9.46. The van der Waals surface area contributed by atoms with E-state index in [9.17, 15) is 10.1 Å². The van der Waals surface area contributed by atoms with E-state index in [-0.39, 0.29) is 12.5 Å². The first-order valence-electron chi connectivity index (χ1n) is 8.70. The van der Waals surface area contributed by atoms with Gasteiger partial charge in [0.1, 0.15) is 5.75 Å². The number of rotatable bonds is 6. The summed E-state index contributed by atoms with van der Waals surface area (Å²) >= 11 is 11.8. The van der Waals surface area contributed by atoms with Gasteiger partial charge in [-0.05, 0) is 47.5 Å². The minimum absolute atomic E-state index is 0.150. The molecule has 0 saturated carbocycles. The van der Waals surface area contributed by atoms with Gasteiger partial charge in [-0.3, -0.25) is 4.79 Å². The molecule has 3 rings (SSSR count). The minimum Gasteiger partial charge on any atom is -0.484 e. The van der Waals surface area contributed by atoms with Crippen molar-refractivity contribution in [3.63, 3.8) is 0 Å². The smallest absolute Gasteiger partial charge is 0.262 e. The van der Waals surface area contributed by atoms with Crippen LogP contribution in [0.3, 0.4) is 0 Å². The predicted octanol–water partition coefficient (Wildman–Crippen LogP) is 6.08. The van der Waals surface area contributed by atoms with Crippen molar-refractivity contribution in [2.45, 2.75) is 0 Å². The number of hydrogen-bond acceptors (Lipinski definition) is 3. The molecule has 0 radical (unpaired) electrons. The standard InChI is InChI=1S/C23H16Cl2N2O2/c24-21-11-8-19(13-22(21)25)27-23(28)15-29-20-9-6-16(7-10-20)12-18(14-26)17-4-2-1-3-5-17/h1-13H,15H2,(H,27,28)/b18-12+. The molecule has 3 aromatic carbocycles. The van der Waals surface area contributed by atoms with Gasteiger partial charge in [-0.25, -0.2) is 0 Å². The maximum absolute atomic E-state index is 12.0. The van der Waals surface area contributed by atoms with Gasteiger partial charge in [-0.2, -0.15) is 5.26 Å². The minimum atomic E-state index is -0.316. The van der Waals surface area contributed by atoms with Crippen molar-refractivity contribution in [3.05, 3.63) is 94.0 Å². The third-order valence-electron chi connectivity index (χ3n) is 3.97. The summed E-state index contributed by atoms with van der Waals surface area (Å²) in [5.41, 5.74) is 2.83. The lowest BCUT2D eigenvalue weighted by atomic mass is 10.0. The molecule has 0 aliphatic rings. The molecule has 0 aliphatic carbocycles. The van der Waals surface area contributed by atoms with Gasteiger partial charge in [0, 0.05) is 5.69 Å². The van der Waals surface area contributed by atoms with Crippen LogP contribution in [0.1, 0.15) is 11.1 Å². The van der Waals surface area contributed by atoms with E-state index in [1.165, 1.54) is 0 Å². The van der Waals surface area contributed by atoms with Crippen LogP contribution in [-0.4, -0.2) is 12.5 Å². The topological polar surface area (TPSA) is 62.1 Å². The zero-order valence-electron chi connectivity index (χ0n) is 15.2. The molecule has 0 aliphatic heterocycles. The summed E-state index contributed by atoms with van der Waals surface area (Å²) < 4.78 is 5.51. The number of carbonyl (C=O) groups excluding carboxylic acids is 1. The summed E-state index contributed by atoms with van der Waals surface area (Å²) in [5.74, 6) is 0.230. The van der Waals surface area contributed by atoms with E-state index in [1.54, 1.807) is 36.4 Å². The first-order chi connectivity index (χ1) is 14.0. The lowest BCUT2D eigenvalue weighted by molar-refractivity contribution is -0.118. The highest BCUT2D eigenvalue weighted by atomic mass is 35.5. The Kier molecular flexibility index (Phi) is 6.91. The first kappa shape index (κ1) is 20.5. The largest absolute Gasteiger partial charge is 0.484 e. The van der Waals surface area contributed by atoms with Gasteiger partial charge in [0.2, 0.25) is 0 Å². The van der Waals surface area contributed by atoms with Crippen molar-refractivity contribution >= 4 is 46.4 Å². The summed E-state index contributed by atoms with van der Waals surface area (Å²) in [4.78, 5) is 12.0. The van der Waals surface area contributed by atoms with Crippen molar-refractivity contribution < 1.29 is 9.53 Å². The highest BCUT2D eigenvalue weighted by Gasteiger charge is 2.06. The lowest BCUT2D eigenvalue weighted by Gasteiger charge is -2.08. The number of hydrogen-bond donors (Lipinski definition) is 1. The Labute approximate surface area is 179 Å². The maximum atomic E-state index is 12.0. The Bertz CT molecular complexity index is 1070. The average Bonchev–Trinajstić information content (AvgIpc) is 2.74. The molecule has 0 bridgehead atoms. The number of halogens is 2. The highest BCUT2D eigenvalue weighted by Crippen LogP contribution is 2.25. The van der Waals surface area contributed by atoms with E-state index in [2.05, 4.69) is 11.4 Å². The van der Waals surface area contributed by atoms with E-state index in [0.29, 0.717) is 27.1 Å². The van der Waals surface area contributed by atoms with Crippen LogP contribution in [0.15, 0.2) is 72.8 Å². The van der Waals surface area contributed by atoms with Crippen LogP contribution in [0.5, 0.6) is 5.75 Å². The molecule has 3 aromatic rings. The van der Waals surface area contributed by atoms with Crippen molar-refractivity contribution in [3.8, 4) is 11.8 Å². The zero-order chi connectivity index (χ0) is 20.6. The molecule has 4 nitrogen and oxygen atoms in total. The molecular formula is C23H16Cl2N2O2. The van der Waals surface area contributed by atoms with E-state index in [0.717, 1.165) is 11.1 Å². The number of benzene rings is 3. The number of nitriles is 1. The second-order valence-corrected chi connectivity index (χ2v) is 6.89. The molecule has 0 aromatic heterocycles. The molecule has 1 amide bonds. The summed E-state index contributed by atoms with van der Waals surface area (Å²) in [6, 6.07) is 23.7. The summed E-state index contributed by atoms with van der Waals surface area (Å²) in [6.07, 6.45) is 1.80. The van der Waals surface area contributed by atoms with Gasteiger partial charge in [0.15, 0.2) is 6.61 Å². The Morgan fingerprint density at radius 1 is 1.00 bits per heavy atom. The summed E-state index contributed by atoms with van der Waals surface area (Å²) in [5, 5.41) is 12.9. The SMILES string of the molecule is N#C/C(=C\c1ccc(OCC(=O)Nc2ccc(Cl)c(Cl)c2)cc1)c1ccccc1.